The van der Waals surface area contributed by atoms with E-state index in [9.17, 15) is 5.11 Å². The number of nitrogens with two attached hydrogens (primary N) is 1. The Morgan fingerprint density at radius 1 is 1.42 bits per heavy atom. The molecule has 100 valence electrons. The van der Waals surface area contributed by atoms with Crippen molar-refractivity contribution >= 4 is 21.6 Å². The Kier molecular flexibility index (Phi) is 4.39. The molecule has 0 saturated carbocycles. The van der Waals surface area contributed by atoms with Crippen LogP contribution in [0.5, 0.6) is 5.75 Å². The topological polar surface area (TPSA) is 68.4 Å². The number of aromatic nitrogens is 1. The molecule has 19 heavy (non-hydrogen) atoms. The number of anilines is 1. The van der Waals surface area contributed by atoms with Crippen LogP contribution in [-0.2, 0) is 6.42 Å². The highest BCUT2D eigenvalue weighted by atomic mass is 79.9. The summed E-state index contributed by atoms with van der Waals surface area (Å²) in [4.78, 5) is 4.02. The van der Waals surface area contributed by atoms with Crippen molar-refractivity contribution in [2.75, 3.05) is 12.8 Å². The average Bonchev–Trinajstić information content (AvgIpc) is 2.41. The van der Waals surface area contributed by atoms with E-state index < -0.39 is 6.10 Å². The van der Waals surface area contributed by atoms with Gasteiger partial charge in [-0.05, 0) is 29.8 Å². The van der Waals surface area contributed by atoms with Gasteiger partial charge in [0.15, 0.2) is 0 Å². The summed E-state index contributed by atoms with van der Waals surface area (Å²) in [7, 11) is 1.58. The molecule has 1 aromatic carbocycles. The fraction of sp³-hybridized carbons (Fsp3) is 0.214. The number of aliphatic hydroxyl groups excluding tert-OH is 1. The third-order valence-corrected chi connectivity index (χ3v) is 3.40. The van der Waals surface area contributed by atoms with Crippen molar-refractivity contribution in [3.63, 3.8) is 0 Å². The second-order valence-corrected chi connectivity index (χ2v) is 5.10. The number of hydrogen-bond acceptors (Lipinski definition) is 4. The van der Waals surface area contributed by atoms with E-state index >= 15 is 0 Å². The molecule has 5 heteroatoms. The van der Waals surface area contributed by atoms with E-state index in [2.05, 4.69) is 20.9 Å². The number of halogens is 1. The Morgan fingerprint density at radius 3 is 2.89 bits per heavy atom. The van der Waals surface area contributed by atoms with Gasteiger partial charge < -0.3 is 15.6 Å². The molecule has 0 fully saturated rings. The van der Waals surface area contributed by atoms with Crippen molar-refractivity contribution in [2.45, 2.75) is 12.5 Å². The molecule has 3 N–H and O–H groups in total. The molecule has 1 unspecified atom stereocenters. The Hall–Kier alpha value is -1.59. The largest absolute Gasteiger partial charge is 0.496 e. The van der Waals surface area contributed by atoms with E-state index in [1.165, 1.54) is 0 Å². The van der Waals surface area contributed by atoms with Gasteiger partial charge in [0.05, 0.1) is 13.2 Å². The Balaban J connectivity index is 2.27. The quantitative estimate of drug-likeness (QED) is 0.908. The van der Waals surface area contributed by atoms with Crippen LogP contribution < -0.4 is 10.5 Å². The van der Waals surface area contributed by atoms with Crippen LogP contribution in [0.15, 0.2) is 41.1 Å². The molecular weight excluding hydrogens is 308 g/mol. The fourth-order valence-corrected chi connectivity index (χ4v) is 2.27. The first kappa shape index (κ1) is 13.8. The van der Waals surface area contributed by atoms with Gasteiger partial charge in [0.25, 0.3) is 0 Å². The first-order valence-electron chi connectivity index (χ1n) is 5.81. The molecule has 0 spiro atoms. The predicted molar refractivity (Wildman–Crippen MR) is 78.0 cm³/mol. The monoisotopic (exact) mass is 322 g/mol. The highest BCUT2D eigenvalue weighted by Crippen LogP contribution is 2.31. The number of hydrogen-bond donors (Lipinski definition) is 2. The van der Waals surface area contributed by atoms with Gasteiger partial charge in [-0.2, -0.15) is 0 Å². The molecule has 2 aromatic rings. The molecule has 0 aliphatic heterocycles. The second kappa shape index (κ2) is 6.04. The van der Waals surface area contributed by atoms with Crippen molar-refractivity contribution in [3.05, 3.63) is 52.3 Å². The molecule has 0 saturated heterocycles. The smallest absolute Gasteiger partial charge is 0.124 e. The molecule has 0 bridgehead atoms. The van der Waals surface area contributed by atoms with Crippen LogP contribution in [-0.4, -0.2) is 17.2 Å². The maximum Gasteiger partial charge on any atom is 0.124 e. The minimum Gasteiger partial charge on any atom is -0.496 e. The Labute approximate surface area is 120 Å². The zero-order chi connectivity index (χ0) is 13.8. The number of rotatable bonds is 4. The third-order valence-electron chi connectivity index (χ3n) is 2.91. The third kappa shape index (κ3) is 3.24. The first-order valence-corrected chi connectivity index (χ1v) is 6.61. The van der Waals surface area contributed by atoms with Crippen LogP contribution in [0.3, 0.4) is 0 Å². The molecule has 0 aliphatic carbocycles. The van der Waals surface area contributed by atoms with E-state index in [0.29, 0.717) is 17.9 Å². The standard InChI is InChI=1S/C14H15BrN2O2/c1-19-14-3-2-10(15)7-11(14)13(18)6-9-8-17-5-4-12(9)16/h2-5,7-8,13,18H,6H2,1H3,(H2,16,17). The van der Waals surface area contributed by atoms with Gasteiger partial charge >= 0.3 is 0 Å². The normalized spacial score (nSPS) is 12.2. The van der Waals surface area contributed by atoms with Crippen LogP contribution >= 0.6 is 15.9 Å². The van der Waals surface area contributed by atoms with Gasteiger partial charge in [0.2, 0.25) is 0 Å². The molecule has 1 heterocycles. The lowest BCUT2D eigenvalue weighted by molar-refractivity contribution is 0.174. The number of ether oxygens (including phenoxy) is 1. The van der Waals surface area contributed by atoms with Gasteiger partial charge in [-0.3, -0.25) is 4.98 Å². The molecule has 2 rings (SSSR count). The molecule has 0 amide bonds. The van der Waals surface area contributed by atoms with Gasteiger partial charge in [0, 0.05) is 34.5 Å². The molecule has 4 nitrogen and oxygen atoms in total. The molecule has 0 aliphatic rings. The first-order chi connectivity index (χ1) is 9.11. The fourth-order valence-electron chi connectivity index (χ4n) is 1.89. The summed E-state index contributed by atoms with van der Waals surface area (Å²) < 4.78 is 6.15. The van der Waals surface area contributed by atoms with Crippen molar-refractivity contribution in [2.24, 2.45) is 0 Å². The summed E-state index contributed by atoms with van der Waals surface area (Å²) in [5.74, 6) is 0.651. The number of aliphatic hydroxyl groups is 1. The van der Waals surface area contributed by atoms with Gasteiger partial charge in [-0.1, -0.05) is 15.9 Å². The number of pyridine rings is 1. The van der Waals surface area contributed by atoms with Crippen LogP contribution in [0, 0.1) is 0 Å². The lowest BCUT2D eigenvalue weighted by Gasteiger charge is -2.16. The number of methoxy groups -OCH3 is 1. The average molecular weight is 323 g/mol. The minimum absolute atomic E-state index is 0.395. The summed E-state index contributed by atoms with van der Waals surface area (Å²) in [6.45, 7) is 0. The summed E-state index contributed by atoms with van der Waals surface area (Å²) >= 11 is 3.39. The summed E-state index contributed by atoms with van der Waals surface area (Å²) in [6.07, 6.45) is 3.00. The number of benzene rings is 1. The Morgan fingerprint density at radius 2 is 2.21 bits per heavy atom. The highest BCUT2D eigenvalue weighted by Gasteiger charge is 2.15. The van der Waals surface area contributed by atoms with Crippen molar-refractivity contribution < 1.29 is 9.84 Å². The van der Waals surface area contributed by atoms with Crippen molar-refractivity contribution in [3.8, 4) is 5.75 Å². The van der Waals surface area contributed by atoms with Crippen molar-refractivity contribution in [1.82, 2.24) is 4.98 Å². The molecular formula is C14H15BrN2O2. The highest BCUT2D eigenvalue weighted by molar-refractivity contribution is 9.10. The Bertz CT molecular complexity index is 575. The van der Waals surface area contributed by atoms with Crippen LogP contribution in [0.25, 0.3) is 0 Å². The van der Waals surface area contributed by atoms with E-state index in [1.807, 2.05) is 18.2 Å². The van der Waals surface area contributed by atoms with E-state index in [4.69, 9.17) is 10.5 Å². The SMILES string of the molecule is COc1ccc(Br)cc1C(O)Cc1cnccc1N. The van der Waals surface area contributed by atoms with E-state index in [0.717, 1.165) is 15.6 Å². The predicted octanol–water partition coefficient (Wildman–Crippen LogP) is 2.71. The summed E-state index contributed by atoms with van der Waals surface area (Å²) in [5, 5.41) is 10.4. The van der Waals surface area contributed by atoms with Crippen molar-refractivity contribution in [1.29, 1.82) is 0 Å². The van der Waals surface area contributed by atoms with Crippen LogP contribution in [0.2, 0.25) is 0 Å². The molecule has 1 atom stereocenters. The van der Waals surface area contributed by atoms with Gasteiger partial charge in [-0.15, -0.1) is 0 Å². The number of nitrogen functional groups attached to an aromatic ring is 1. The zero-order valence-electron chi connectivity index (χ0n) is 10.5. The lowest BCUT2D eigenvalue weighted by atomic mass is 10.0. The molecule has 0 radical (unpaired) electrons. The number of nitrogens with zero attached hydrogens (tertiary/aromatic N) is 1. The van der Waals surface area contributed by atoms with E-state index in [1.54, 1.807) is 25.6 Å². The minimum atomic E-state index is -0.695. The zero-order valence-corrected chi connectivity index (χ0v) is 12.1. The summed E-state index contributed by atoms with van der Waals surface area (Å²) in [5.41, 5.74) is 8.02. The van der Waals surface area contributed by atoms with Gasteiger partial charge in [-0.25, -0.2) is 0 Å². The summed E-state index contributed by atoms with van der Waals surface area (Å²) in [6, 6.07) is 7.25. The van der Waals surface area contributed by atoms with Gasteiger partial charge in [0.1, 0.15) is 5.75 Å². The van der Waals surface area contributed by atoms with E-state index in [-0.39, 0.29) is 0 Å². The van der Waals surface area contributed by atoms with Crippen LogP contribution in [0.4, 0.5) is 5.69 Å². The second-order valence-electron chi connectivity index (χ2n) is 4.18. The lowest BCUT2D eigenvalue weighted by Crippen LogP contribution is -2.06. The maximum absolute atomic E-state index is 10.4. The van der Waals surface area contributed by atoms with Crippen LogP contribution in [0.1, 0.15) is 17.2 Å². The molecule has 1 aromatic heterocycles. The maximum atomic E-state index is 10.4.